The van der Waals surface area contributed by atoms with Crippen LogP contribution in [0.3, 0.4) is 0 Å². The lowest BCUT2D eigenvalue weighted by Crippen LogP contribution is -2.34. The first-order valence-corrected chi connectivity index (χ1v) is 8.22. The molecule has 1 aromatic rings. The van der Waals surface area contributed by atoms with E-state index in [9.17, 15) is 4.79 Å². The van der Waals surface area contributed by atoms with Crippen molar-refractivity contribution < 1.29 is 14.3 Å². The maximum absolute atomic E-state index is 12.7. The molecular weight excluding hydrogens is 304 g/mol. The highest BCUT2D eigenvalue weighted by atomic mass is 16.5. The molecular formula is C19H30N2O3. The van der Waals surface area contributed by atoms with Gasteiger partial charge in [-0.15, -0.1) is 6.58 Å². The summed E-state index contributed by atoms with van der Waals surface area (Å²) in [5, 5.41) is 0. The molecule has 0 fully saturated rings. The van der Waals surface area contributed by atoms with Gasteiger partial charge in [-0.25, -0.2) is 0 Å². The summed E-state index contributed by atoms with van der Waals surface area (Å²) >= 11 is 0. The van der Waals surface area contributed by atoms with Gasteiger partial charge >= 0.3 is 0 Å². The van der Waals surface area contributed by atoms with Crippen LogP contribution in [0.5, 0.6) is 11.5 Å². The molecule has 0 aliphatic heterocycles. The standard InChI is InChI=1S/C19H30N2O3/c1-7-8-14-11-15(12-17(23-5)18(14)24-6)19(22)21(4)10-9-16(20)13(2)3/h7,11-13,16H,1,8-10,20H2,2-6H3. The molecule has 0 saturated carbocycles. The number of ether oxygens (including phenoxy) is 2. The Kier molecular flexibility index (Phi) is 7.79. The van der Waals surface area contributed by atoms with Crippen molar-refractivity contribution in [1.82, 2.24) is 4.90 Å². The van der Waals surface area contributed by atoms with Gasteiger partial charge in [-0.1, -0.05) is 19.9 Å². The topological polar surface area (TPSA) is 64.8 Å². The summed E-state index contributed by atoms with van der Waals surface area (Å²) in [7, 11) is 4.94. The summed E-state index contributed by atoms with van der Waals surface area (Å²) < 4.78 is 10.8. The van der Waals surface area contributed by atoms with Crippen molar-refractivity contribution in [2.75, 3.05) is 27.8 Å². The van der Waals surface area contributed by atoms with Gasteiger partial charge in [-0.05, 0) is 30.9 Å². The van der Waals surface area contributed by atoms with Crippen LogP contribution < -0.4 is 15.2 Å². The van der Waals surface area contributed by atoms with Crippen molar-refractivity contribution in [3.8, 4) is 11.5 Å². The van der Waals surface area contributed by atoms with E-state index in [0.29, 0.717) is 35.9 Å². The van der Waals surface area contributed by atoms with Gasteiger partial charge in [0.15, 0.2) is 11.5 Å². The molecule has 5 heteroatoms. The molecule has 1 aromatic carbocycles. The summed E-state index contributed by atoms with van der Waals surface area (Å²) in [6.07, 6.45) is 3.15. The number of carbonyl (C=O) groups excluding carboxylic acids is 1. The van der Waals surface area contributed by atoms with Gasteiger partial charge in [0.1, 0.15) is 0 Å². The maximum atomic E-state index is 12.7. The Balaban J connectivity index is 3.00. The molecule has 1 unspecified atom stereocenters. The van der Waals surface area contributed by atoms with Gasteiger partial charge in [-0.3, -0.25) is 4.79 Å². The van der Waals surface area contributed by atoms with Crippen LogP contribution in [0.1, 0.15) is 36.2 Å². The molecule has 0 heterocycles. The molecule has 0 spiro atoms. The third kappa shape index (κ3) is 4.99. The van der Waals surface area contributed by atoms with Crippen molar-refractivity contribution in [2.45, 2.75) is 32.7 Å². The Bertz CT molecular complexity index is 570. The number of hydrogen-bond acceptors (Lipinski definition) is 4. The number of nitrogens with zero attached hydrogens (tertiary/aromatic N) is 1. The Labute approximate surface area is 145 Å². The maximum Gasteiger partial charge on any atom is 0.253 e. The first-order valence-electron chi connectivity index (χ1n) is 8.22. The van der Waals surface area contributed by atoms with Gasteiger partial charge in [0.05, 0.1) is 14.2 Å². The highest BCUT2D eigenvalue weighted by Crippen LogP contribution is 2.33. The monoisotopic (exact) mass is 334 g/mol. The lowest BCUT2D eigenvalue weighted by Gasteiger charge is -2.22. The highest BCUT2D eigenvalue weighted by molar-refractivity contribution is 5.95. The second kappa shape index (κ2) is 9.33. The molecule has 2 N–H and O–H groups in total. The van der Waals surface area contributed by atoms with E-state index in [1.54, 1.807) is 38.3 Å². The number of amides is 1. The van der Waals surface area contributed by atoms with Crippen LogP contribution in [0, 0.1) is 5.92 Å². The zero-order valence-electron chi connectivity index (χ0n) is 15.5. The fraction of sp³-hybridized carbons (Fsp3) is 0.526. The molecule has 5 nitrogen and oxygen atoms in total. The van der Waals surface area contributed by atoms with Crippen LogP contribution in [0.25, 0.3) is 0 Å². The highest BCUT2D eigenvalue weighted by Gasteiger charge is 2.19. The van der Waals surface area contributed by atoms with Crippen LogP contribution in [-0.2, 0) is 6.42 Å². The van der Waals surface area contributed by atoms with Crippen LogP contribution in [-0.4, -0.2) is 44.7 Å². The van der Waals surface area contributed by atoms with Gasteiger partial charge in [0, 0.05) is 30.8 Å². The lowest BCUT2D eigenvalue weighted by atomic mass is 10.0. The van der Waals surface area contributed by atoms with E-state index < -0.39 is 0 Å². The Morgan fingerprint density at radius 3 is 2.50 bits per heavy atom. The van der Waals surface area contributed by atoms with Crippen molar-refractivity contribution in [3.05, 3.63) is 35.9 Å². The van der Waals surface area contributed by atoms with Gasteiger partial charge in [0.2, 0.25) is 0 Å². The largest absolute Gasteiger partial charge is 0.493 e. The van der Waals surface area contributed by atoms with Gasteiger partial charge in [0.25, 0.3) is 5.91 Å². The zero-order valence-corrected chi connectivity index (χ0v) is 15.5. The number of benzene rings is 1. The van der Waals surface area contributed by atoms with E-state index in [2.05, 4.69) is 20.4 Å². The molecule has 0 aliphatic carbocycles. The predicted molar refractivity (Wildman–Crippen MR) is 97.8 cm³/mol. The van der Waals surface area contributed by atoms with E-state index >= 15 is 0 Å². The van der Waals surface area contributed by atoms with Crippen molar-refractivity contribution in [2.24, 2.45) is 11.7 Å². The summed E-state index contributed by atoms with van der Waals surface area (Å²) in [5.41, 5.74) is 7.52. The molecule has 1 rings (SSSR count). The third-order valence-corrected chi connectivity index (χ3v) is 4.17. The fourth-order valence-corrected chi connectivity index (χ4v) is 2.47. The molecule has 0 aliphatic rings. The molecule has 0 aromatic heterocycles. The minimum atomic E-state index is -0.0581. The predicted octanol–water partition coefficient (Wildman–Crippen LogP) is 2.88. The SMILES string of the molecule is C=CCc1cc(C(=O)N(C)CCC(N)C(C)C)cc(OC)c1OC. The van der Waals surface area contributed by atoms with E-state index in [0.717, 1.165) is 12.0 Å². The Hall–Kier alpha value is -2.01. The van der Waals surface area contributed by atoms with Crippen LogP contribution in [0.15, 0.2) is 24.8 Å². The Morgan fingerprint density at radius 1 is 1.33 bits per heavy atom. The smallest absolute Gasteiger partial charge is 0.253 e. The molecule has 0 saturated heterocycles. The number of allylic oxidation sites excluding steroid dienone is 1. The van der Waals surface area contributed by atoms with Gasteiger partial charge < -0.3 is 20.1 Å². The molecule has 0 radical (unpaired) electrons. The first-order chi connectivity index (χ1) is 11.3. The first kappa shape index (κ1) is 20.0. The van der Waals surface area contributed by atoms with Crippen molar-refractivity contribution in [1.29, 1.82) is 0 Å². The van der Waals surface area contributed by atoms with E-state index in [1.165, 1.54) is 0 Å². The fourth-order valence-electron chi connectivity index (χ4n) is 2.47. The number of methoxy groups -OCH3 is 2. The van der Waals surface area contributed by atoms with E-state index in [-0.39, 0.29) is 11.9 Å². The zero-order chi connectivity index (χ0) is 18.3. The minimum Gasteiger partial charge on any atom is -0.493 e. The van der Waals surface area contributed by atoms with Gasteiger partial charge in [-0.2, -0.15) is 0 Å². The number of hydrogen-bond donors (Lipinski definition) is 1. The van der Waals surface area contributed by atoms with Crippen LogP contribution in [0.4, 0.5) is 0 Å². The van der Waals surface area contributed by atoms with Crippen molar-refractivity contribution >= 4 is 5.91 Å². The second-order valence-corrected chi connectivity index (χ2v) is 6.29. The van der Waals surface area contributed by atoms with E-state index in [1.807, 2.05) is 6.07 Å². The molecule has 1 atom stereocenters. The quantitative estimate of drug-likeness (QED) is 0.705. The van der Waals surface area contributed by atoms with Crippen LogP contribution in [0.2, 0.25) is 0 Å². The summed E-state index contributed by atoms with van der Waals surface area (Å²) in [6.45, 7) is 8.54. The third-order valence-electron chi connectivity index (χ3n) is 4.17. The molecule has 0 bridgehead atoms. The lowest BCUT2D eigenvalue weighted by molar-refractivity contribution is 0.0788. The van der Waals surface area contributed by atoms with Crippen LogP contribution >= 0.6 is 0 Å². The second-order valence-electron chi connectivity index (χ2n) is 6.29. The summed E-state index contributed by atoms with van der Waals surface area (Å²) in [4.78, 5) is 14.4. The Morgan fingerprint density at radius 2 is 2.00 bits per heavy atom. The number of nitrogens with two attached hydrogens (primary N) is 1. The summed E-state index contributed by atoms with van der Waals surface area (Å²) in [6, 6.07) is 3.64. The number of carbonyl (C=O) groups is 1. The molecule has 134 valence electrons. The average Bonchev–Trinajstić information content (AvgIpc) is 2.57. The molecule has 1 amide bonds. The minimum absolute atomic E-state index is 0.0581. The normalized spacial score (nSPS) is 12.0. The van der Waals surface area contributed by atoms with E-state index in [4.69, 9.17) is 15.2 Å². The number of rotatable bonds is 9. The molecule has 24 heavy (non-hydrogen) atoms. The summed E-state index contributed by atoms with van der Waals surface area (Å²) in [5.74, 6) is 1.52. The van der Waals surface area contributed by atoms with Crippen molar-refractivity contribution in [3.63, 3.8) is 0 Å². The average molecular weight is 334 g/mol.